The Bertz CT molecular complexity index is 1390. The number of allylic oxidation sites excluding steroid dienone is 1. The molecule has 4 rings (SSSR count). The summed E-state index contributed by atoms with van der Waals surface area (Å²) in [6.07, 6.45) is -1.58. The lowest BCUT2D eigenvalue weighted by Gasteiger charge is -2.49. The molecule has 12 nitrogen and oxygen atoms in total. The molecule has 3 heterocycles. The molecule has 0 bridgehead atoms. The number of anilines is 1. The first kappa shape index (κ1) is 30.2. The van der Waals surface area contributed by atoms with Gasteiger partial charge in [0, 0.05) is 11.1 Å². The lowest BCUT2D eigenvalue weighted by molar-refractivity contribution is -0.192. The van der Waals surface area contributed by atoms with Crippen molar-refractivity contribution in [1.29, 1.82) is 0 Å². The van der Waals surface area contributed by atoms with Gasteiger partial charge in [0.2, 0.25) is 0 Å². The van der Waals surface area contributed by atoms with Crippen LogP contribution in [0.25, 0.3) is 6.08 Å². The fourth-order valence-electron chi connectivity index (χ4n) is 3.43. The molecule has 0 saturated carbocycles. The number of halogens is 3. The zero-order valence-electron chi connectivity index (χ0n) is 20.3. The number of alkyl halides is 3. The Morgan fingerprint density at radius 2 is 1.88 bits per heavy atom. The molecule has 2 amide bonds. The van der Waals surface area contributed by atoms with Crippen LogP contribution >= 0.6 is 23.1 Å². The molecule has 40 heavy (non-hydrogen) atoms. The number of hydrogen-bond acceptors (Lipinski definition) is 10. The van der Waals surface area contributed by atoms with Crippen molar-refractivity contribution in [3.63, 3.8) is 0 Å². The van der Waals surface area contributed by atoms with Gasteiger partial charge in [-0.2, -0.15) is 13.2 Å². The fraction of sp³-hybridized carbons (Fsp3) is 0.217. The number of thiazole rings is 1. The van der Waals surface area contributed by atoms with Gasteiger partial charge in [0.1, 0.15) is 29.9 Å². The quantitative estimate of drug-likeness (QED) is 0.209. The maximum absolute atomic E-state index is 12.9. The predicted octanol–water partition coefficient (Wildman–Crippen LogP) is 2.16. The van der Waals surface area contributed by atoms with E-state index < -0.39 is 41.3 Å². The van der Waals surface area contributed by atoms with E-state index in [2.05, 4.69) is 15.5 Å². The smallest absolute Gasteiger partial charge is 0.477 e. The summed E-state index contributed by atoms with van der Waals surface area (Å²) in [4.78, 5) is 56.5. The molecular weight excluding hydrogens is 579 g/mol. The molecule has 1 fully saturated rings. The summed E-state index contributed by atoms with van der Waals surface area (Å²) in [5.74, 6) is -4.78. The largest absolute Gasteiger partial charge is 0.490 e. The monoisotopic (exact) mass is 599 g/mol. The number of benzene rings is 1. The molecule has 0 aliphatic carbocycles. The van der Waals surface area contributed by atoms with Gasteiger partial charge in [-0.3, -0.25) is 14.5 Å². The number of hydrogen-bond donors (Lipinski definition) is 4. The van der Waals surface area contributed by atoms with Crippen LogP contribution in [0, 0.1) is 0 Å². The van der Waals surface area contributed by atoms with E-state index in [9.17, 15) is 32.7 Å². The van der Waals surface area contributed by atoms with Crippen LogP contribution < -0.4 is 11.1 Å². The summed E-state index contributed by atoms with van der Waals surface area (Å²) in [7, 11) is 1.28. The Morgan fingerprint density at radius 3 is 2.40 bits per heavy atom. The van der Waals surface area contributed by atoms with Gasteiger partial charge in [0.05, 0.1) is 0 Å². The maximum Gasteiger partial charge on any atom is 0.490 e. The molecule has 2 aromatic rings. The summed E-state index contributed by atoms with van der Waals surface area (Å²) in [5, 5.41) is 24.5. The molecule has 17 heteroatoms. The Morgan fingerprint density at radius 1 is 1.23 bits per heavy atom. The number of nitrogens with two attached hydrogens (primary N) is 1. The maximum atomic E-state index is 12.9. The number of nitrogen functional groups attached to an aromatic ring is 1. The van der Waals surface area contributed by atoms with Crippen molar-refractivity contribution in [2.24, 2.45) is 5.16 Å². The predicted molar refractivity (Wildman–Crippen MR) is 139 cm³/mol. The first-order valence-corrected chi connectivity index (χ1v) is 12.9. The molecule has 1 saturated heterocycles. The van der Waals surface area contributed by atoms with Gasteiger partial charge in [-0.05, 0) is 11.1 Å². The minimum Gasteiger partial charge on any atom is -0.477 e. The second kappa shape index (κ2) is 12.6. The number of amides is 2. The van der Waals surface area contributed by atoms with Crippen molar-refractivity contribution in [3.05, 3.63) is 64.3 Å². The number of carboxylic acids is 2. The van der Waals surface area contributed by atoms with Gasteiger partial charge in [0.25, 0.3) is 11.8 Å². The summed E-state index contributed by atoms with van der Waals surface area (Å²) >= 11 is 2.50. The first-order chi connectivity index (χ1) is 18.8. The number of nitrogens with zero attached hydrogens (tertiary/aromatic N) is 3. The number of thioether (sulfide) groups is 1. The number of β-lactam (4-membered cyclic amide) rings is 1. The summed E-state index contributed by atoms with van der Waals surface area (Å²) in [6.45, 7) is 0. The van der Waals surface area contributed by atoms with E-state index in [-0.39, 0.29) is 22.2 Å². The lowest BCUT2D eigenvalue weighted by Crippen LogP contribution is -2.71. The molecule has 1 unspecified atom stereocenters. The molecule has 2 aliphatic heterocycles. The molecule has 1 aromatic heterocycles. The molecule has 2 atom stereocenters. The van der Waals surface area contributed by atoms with Crippen molar-refractivity contribution >= 4 is 63.8 Å². The van der Waals surface area contributed by atoms with Crippen LogP contribution in [0.3, 0.4) is 0 Å². The van der Waals surface area contributed by atoms with Gasteiger partial charge >= 0.3 is 18.1 Å². The fourth-order valence-corrected chi connectivity index (χ4v) is 5.30. The van der Waals surface area contributed by atoms with Crippen molar-refractivity contribution in [1.82, 2.24) is 15.2 Å². The highest BCUT2D eigenvalue weighted by molar-refractivity contribution is 8.00. The van der Waals surface area contributed by atoms with Crippen LogP contribution in [0.2, 0.25) is 0 Å². The molecule has 212 valence electrons. The van der Waals surface area contributed by atoms with Crippen molar-refractivity contribution in [3.8, 4) is 0 Å². The second-order valence-corrected chi connectivity index (χ2v) is 9.77. The van der Waals surface area contributed by atoms with Gasteiger partial charge < -0.3 is 26.1 Å². The number of aliphatic carboxylic acids is 2. The van der Waals surface area contributed by atoms with Crippen molar-refractivity contribution < 1.29 is 47.4 Å². The van der Waals surface area contributed by atoms with E-state index in [0.717, 1.165) is 16.9 Å². The molecule has 0 radical (unpaired) electrons. The summed E-state index contributed by atoms with van der Waals surface area (Å²) < 4.78 is 31.7. The van der Waals surface area contributed by atoms with Gasteiger partial charge in [-0.1, -0.05) is 47.6 Å². The average molecular weight is 600 g/mol. The number of carboxylic acid groups (broad SMARTS) is 2. The summed E-state index contributed by atoms with van der Waals surface area (Å²) in [6, 6.07) is 8.53. The van der Waals surface area contributed by atoms with Gasteiger partial charge in [0.15, 0.2) is 10.8 Å². The Balaban J connectivity index is 0.000000559. The van der Waals surface area contributed by atoms with E-state index in [1.165, 1.54) is 23.8 Å². The van der Waals surface area contributed by atoms with Gasteiger partial charge in [-0.15, -0.1) is 23.1 Å². The second-order valence-electron chi connectivity index (χ2n) is 7.78. The number of oxime groups is 1. The van der Waals surface area contributed by atoms with Crippen LogP contribution in [-0.2, 0) is 24.0 Å². The first-order valence-electron chi connectivity index (χ1n) is 10.9. The van der Waals surface area contributed by atoms with E-state index in [1.807, 2.05) is 30.3 Å². The normalized spacial score (nSPS) is 18.9. The third kappa shape index (κ3) is 6.97. The number of carbonyl (C=O) groups is 4. The Kier molecular flexibility index (Phi) is 9.54. The third-order valence-electron chi connectivity index (χ3n) is 5.17. The highest BCUT2D eigenvalue weighted by Gasteiger charge is 2.54. The zero-order chi connectivity index (χ0) is 29.6. The van der Waals surface area contributed by atoms with E-state index in [0.29, 0.717) is 11.3 Å². The minimum atomic E-state index is -5.08. The molecule has 0 spiro atoms. The van der Waals surface area contributed by atoms with E-state index in [4.69, 9.17) is 20.5 Å². The SMILES string of the molecule is CO/N=C(/C(=O)NC1C(=O)N2C(C(=O)O)=C(/C=C/c3ccccc3)CS[C@H]12)c1csc(N)n1.O=C(O)C(F)(F)F. The van der Waals surface area contributed by atoms with Crippen molar-refractivity contribution in [2.75, 3.05) is 18.6 Å². The van der Waals surface area contributed by atoms with E-state index in [1.54, 1.807) is 17.5 Å². The zero-order valence-corrected chi connectivity index (χ0v) is 21.9. The molecule has 5 N–H and O–H groups in total. The minimum absolute atomic E-state index is 0.0838. The van der Waals surface area contributed by atoms with Crippen LogP contribution in [0.15, 0.2) is 58.2 Å². The number of fused-ring (bicyclic) bond motifs is 1. The standard InChI is InChI=1S/C21H19N5O5S2.C2HF3O2/c1-31-25-14(13-10-33-21(22)23-13)17(27)24-15-18(28)26-16(20(29)30)12(9-32-19(15)26)8-7-11-5-3-2-4-6-11;3-2(4,5)1(6)7/h2-8,10,15,19H,9H2,1H3,(H2,22,23)(H,24,27)(H,29,30);(H,6,7)/b8-7+,25-14+;/t15?,19-;/m1./s1. The molecular formula is C23H20F3N5O7S2. The third-order valence-corrected chi connectivity index (χ3v) is 7.14. The highest BCUT2D eigenvalue weighted by Crippen LogP contribution is 2.40. The van der Waals surface area contributed by atoms with Crippen LogP contribution in [0.5, 0.6) is 0 Å². The molecule has 2 aliphatic rings. The topological polar surface area (TPSA) is 185 Å². The lowest BCUT2D eigenvalue weighted by atomic mass is 10.0. The summed E-state index contributed by atoms with van der Waals surface area (Å²) in [5.41, 5.74) is 7.07. The highest BCUT2D eigenvalue weighted by atomic mass is 32.2. The van der Waals surface area contributed by atoms with Crippen LogP contribution in [-0.4, -0.2) is 80.0 Å². The number of aromatic nitrogens is 1. The van der Waals surface area contributed by atoms with Crippen molar-refractivity contribution in [2.45, 2.75) is 17.6 Å². The molecule has 1 aromatic carbocycles. The number of nitrogens with one attached hydrogen (secondary N) is 1. The van der Waals surface area contributed by atoms with E-state index >= 15 is 0 Å². The number of rotatable bonds is 7. The average Bonchev–Trinajstić information content (AvgIpc) is 3.34. The van der Waals surface area contributed by atoms with Crippen LogP contribution in [0.4, 0.5) is 18.3 Å². The van der Waals surface area contributed by atoms with Gasteiger partial charge in [-0.25, -0.2) is 14.6 Å². The Hall–Kier alpha value is -4.38. The van der Waals surface area contributed by atoms with Crippen LogP contribution in [0.1, 0.15) is 11.3 Å². The number of carbonyl (C=O) groups excluding carboxylic acids is 2. The Labute approximate surface area is 232 Å².